The second-order valence-corrected chi connectivity index (χ2v) is 4.35. The maximum absolute atomic E-state index is 13.2. The molecule has 0 amide bonds. The van der Waals surface area contributed by atoms with E-state index < -0.39 is 5.60 Å². The number of aliphatic hydroxyl groups is 1. The lowest BCUT2D eigenvalue weighted by molar-refractivity contribution is 0.0945. The molecule has 0 spiro atoms. The van der Waals surface area contributed by atoms with Gasteiger partial charge in [-0.1, -0.05) is 0 Å². The molecule has 0 aliphatic heterocycles. The van der Waals surface area contributed by atoms with Gasteiger partial charge in [0.2, 0.25) is 0 Å². The van der Waals surface area contributed by atoms with Gasteiger partial charge in [0.15, 0.2) is 0 Å². The molecule has 1 aromatic rings. The number of nitrogens with one attached hydrogen (secondary N) is 1. The topological polar surface area (TPSA) is 58.3 Å². The summed E-state index contributed by atoms with van der Waals surface area (Å²) in [6.45, 7) is 5.31. The monoisotopic (exact) mass is 212 g/mol. The normalized spacial score (nSPS) is 11.5. The second-order valence-electron chi connectivity index (χ2n) is 4.35. The largest absolute Gasteiger partial charge is 0.397 e. The fourth-order valence-corrected chi connectivity index (χ4v) is 1.17. The fourth-order valence-electron chi connectivity index (χ4n) is 1.17. The minimum absolute atomic E-state index is 0.303. The highest BCUT2D eigenvalue weighted by Gasteiger charge is 2.13. The van der Waals surface area contributed by atoms with E-state index in [-0.39, 0.29) is 5.82 Å². The third-order valence-corrected chi connectivity index (χ3v) is 2.04. The van der Waals surface area contributed by atoms with E-state index in [1.807, 2.05) is 0 Å². The molecule has 84 valence electrons. The van der Waals surface area contributed by atoms with E-state index in [0.717, 1.165) is 0 Å². The van der Waals surface area contributed by atoms with Crippen LogP contribution < -0.4 is 11.1 Å². The fraction of sp³-hybridized carbons (Fsp3) is 0.455. The molecule has 0 aliphatic rings. The number of nitrogen functional groups attached to an aromatic ring is 1. The summed E-state index contributed by atoms with van der Waals surface area (Å²) in [5.41, 5.74) is 6.37. The summed E-state index contributed by atoms with van der Waals surface area (Å²) in [7, 11) is 0. The quantitative estimate of drug-likeness (QED) is 0.671. The van der Waals surface area contributed by atoms with Gasteiger partial charge in [-0.05, 0) is 38.5 Å². The predicted molar refractivity (Wildman–Crippen MR) is 60.3 cm³/mol. The van der Waals surface area contributed by atoms with Gasteiger partial charge in [0.1, 0.15) is 5.82 Å². The first-order valence-corrected chi connectivity index (χ1v) is 4.81. The molecule has 0 unspecified atom stereocenters. The lowest BCUT2D eigenvalue weighted by atomic mass is 10.1. The van der Waals surface area contributed by atoms with Crippen molar-refractivity contribution in [1.29, 1.82) is 0 Å². The molecule has 4 heteroatoms. The number of hydrogen-bond acceptors (Lipinski definition) is 3. The second kappa shape index (κ2) is 4.06. The Morgan fingerprint density at radius 2 is 2.07 bits per heavy atom. The molecule has 0 atom stereocenters. The lowest BCUT2D eigenvalue weighted by Gasteiger charge is -2.19. The average Bonchev–Trinajstić information content (AvgIpc) is 2.07. The van der Waals surface area contributed by atoms with Crippen LogP contribution in [0.2, 0.25) is 0 Å². The van der Waals surface area contributed by atoms with E-state index in [9.17, 15) is 9.50 Å². The Morgan fingerprint density at radius 1 is 1.47 bits per heavy atom. The van der Waals surface area contributed by atoms with Crippen LogP contribution in [0.4, 0.5) is 15.8 Å². The van der Waals surface area contributed by atoms with E-state index in [1.165, 1.54) is 6.07 Å². The maximum atomic E-state index is 13.2. The van der Waals surface area contributed by atoms with Crippen LogP contribution in [0.5, 0.6) is 0 Å². The average molecular weight is 212 g/mol. The van der Waals surface area contributed by atoms with Gasteiger partial charge in [-0.3, -0.25) is 0 Å². The van der Waals surface area contributed by atoms with E-state index >= 15 is 0 Å². The van der Waals surface area contributed by atoms with E-state index in [4.69, 9.17) is 5.73 Å². The molecule has 0 bridgehead atoms. The minimum atomic E-state index is -0.853. The van der Waals surface area contributed by atoms with Crippen LogP contribution in [-0.2, 0) is 0 Å². The van der Waals surface area contributed by atoms with Crippen LogP contribution in [0.25, 0.3) is 0 Å². The number of aryl methyl sites for hydroxylation is 1. The van der Waals surface area contributed by atoms with Gasteiger partial charge in [-0.2, -0.15) is 0 Å². The molecule has 4 N–H and O–H groups in total. The van der Waals surface area contributed by atoms with Gasteiger partial charge >= 0.3 is 0 Å². The highest BCUT2D eigenvalue weighted by atomic mass is 19.1. The Balaban J connectivity index is 2.82. The van der Waals surface area contributed by atoms with Crippen molar-refractivity contribution in [3.8, 4) is 0 Å². The summed E-state index contributed by atoms with van der Waals surface area (Å²) in [5, 5.41) is 12.4. The highest BCUT2D eigenvalue weighted by Crippen LogP contribution is 2.22. The molecule has 0 heterocycles. The number of nitrogens with two attached hydrogens (primary N) is 1. The van der Waals surface area contributed by atoms with Crippen molar-refractivity contribution in [1.82, 2.24) is 0 Å². The van der Waals surface area contributed by atoms with Gasteiger partial charge in [-0.25, -0.2) is 4.39 Å². The molecular weight excluding hydrogens is 195 g/mol. The van der Waals surface area contributed by atoms with Gasteiger partial charge in [0, 0.05) is 6.54 Å². The maximum Gasteiger partial charge on any atom is 0.128 e. The van der Waals surface area contributed by atoms with Crippen LogP contribution >= 0.6 is 0 Å². The number of halogens is 1. The first kappa shape index (κ1) is 11.8. The molecule has 1 rings (SSSR count). The molecule has 3 nitrogen and oxygen atoms in total. The van der Waals surface area contributed by atoms with Gasteiger partial charge in [0.25, 0.3) is 0 Å². The molecule has 0 saturated carbocycles. The molecule has 0 radical (unpaired) electrons. The Labute approximate surface area is 89.1 Å². The summed E-state index contributed by atoms with van der Waals surface area (Å²) in [5.74, 6) is -0.303. The van der Waals surface area contributed by atoms with Crippen LogP contribution in [0.3, 0.4) is 0 Å². The Morgan fingerprint density at radius 3 is 2.60 bits per heavy atom. The summed E-state index contributed by atoms with van der Waals surface area (Å²) in [6, 6.07) is 2.92. The standard InChI is InChI=1S/C11H17FN2O/c1-7-4-9(13)10(5-8(7)12)14-6-11(2,3)15/h4-5,14-15H,6,13H2,1-3H3. The number of anilines is 2. The van der Waals surface area contributed by atoms with Crippen molar-refractivity contribution in [2.24, 2.45) is 0 Å². The molecule has 0 aromatic heterocycles. The summed E-state index contributed by atoms with van der Waals surface area (Å²) >= 11 is 0. The Hall–Kier alpha value is -1.29. The third kappa shape index (κ3) is 3.40. The Bertz CT molecular complexity index is 358. The van der Waals surface area contributed by atoms with Gasteiger partial charge in [-0.15, -0.1) is 0 Å². The Kier molecular flexibility index (Phi) is 3.19. The highest BCUT2D eigenvalue weighted by molar-refractivity contribution is 5.67. The third-order valence-electron chi connectivity index (χ3n) is 2.04. The first-order chi connectivity index (χ1) is 6.79. The number of hydrogen-bond donors (Lipinski definition) is 3. The summed E-state index contributed by atoms with van der Waals surface area (Å²) in [4.78, 5) is 0. The van der Waals surface area contributed by atoms with Crippen molar-refractivity contribution in [2.45, 2.75) is 26.4 Å². The van der Waals surface area contributed by atoms with E-state index in [2.05, 4.69) is 5.32 Å². The molecule has 0 fully saturated rings. The molecular formula is C11H17FN2O. The molecule has 0 saturated heterocycles. The predicted octanol–water partition coefficient (Wildman–Crippen LogP) is 1.90. The first-order valence-electron chi connectivity index (χ1n) is 4.81. The molecule has 15 heavy (non-hydrogen) atoms. The van der Waals surface area contributed by atoms with Crippen LogP contribution in [-0.4, -0.2) is 17.3 Å². The summed E-state index contributed by atoms with van der Waals surface area (Å²) in [6.07, 6.45) is 0. The van der Waals surface area contributed by atoms with Crippen molar-refractivity contribution in [2.75, 3.05) is 17.6 Å². The minimum Gasteiger partial charge on any atom is -0.397 e. The number of benzene rings is 1. The van der Waals surface area contributed by atoms with E-state index in [1.54, 1.807) is 26.8 Å². The molecule has 0 aliphatic carbocycles. The van der Waals surface area contributed by atoms with Crippen molar-refractivity contribution >= 4 is 11.4 Å². The summed E-state index contributed by atoms with van der Waals surface area (Å²) < 4.78 is 13.2. The SMILES string of the molecule is Cc1cc(N)c(NCC(C)(C)O)cc1F. The van der Waals surface area contributed by atoms with Gasteiger partial charge < -0.3 is 16.2 Å². The van der Waals surface area contributed by atoms with Crippen LogP contribution in [0, 0.1) is 12.7 Å². The smallest absolute Gasteiger partial charge is 0.128 e. The van der Waals surface area contributed by atoms with Crippen molar-refractivity contribution in [3.63, 3.8) is 0 Å². The zero-order valence-electron chi connectivity index (χ0n) is 9.26. The zero-order valence-corrected chi connectivity index (χ0v) is 9.26. The van der Waals surface area contributed by atoms with E-state index in [0.29, 0.717) is 23.5 Å². The molecule has 1 aromatic carbocycles. The van der Waals surface area contributed by atoms with Crippen molar-refractivity contribution in [3.05, 3.63) is 23.5 Å². The van der Waals surface area contributed by atoms with Crippen LogP contribution in [0.15, 0.2) is 12.1 Å². The van der Waals surface area contributed by atoms with Gasteiger partial charge in [0.05, 0.1) is 17.0 Å². The zero-order chi connectivity index (χ0) is 11.6. The lowest BCUT2D eigenvalue weighted by Crippen LogP contribution is -2.29. The van der Waals surface area contributed by atoms with Crippen molar-refractivity contribution < 1.29 is 9.50 Å². The van der Waals surface area contributed by atoms with Crippen LogP contribution in [0.1, 0.15) is 19.4 Å². The number of rotatable bonds is 3.